The van der Waals surface area contributed by atoms with E-state index < -0.39 is 5.97 Å². The van der Waals surface area contributed by atoms with E-state index in [1.807, 2.05) is 36.4 Å². The minimum Gasteiger partial charge on any atom is -0.507 e. The quantitative estimate of drug-likeness (QED) is 0.399. The number of phenols is 1. The predicted octanol–water partition coefficient (Wildman–Crippen LogP) is 6.23. The monoisotopic (exact) mass is 421 g/mol. The van der Waals surface area contributed by atoms with Crippen LogP contribution in [0.3, 0.4) is 0 Å². The fourth-order valence-electron chi connectivity index (χ4n) is 3.45. The second-order valence-corrected chi connectivity index (χ2v) is 9.73. The number of rotatable bonds is 4. The van der Waals surface area contributed by atoms with Gasteiger partial charge in [0.1, 0.15) is 16.8 Å². The Balaban J connectivity index is 2.25. The van der Waals surface area contributed by atoms with Gasteiger partial charge in [-0.1, -0.05) is 53.7 Å². The molecule has 0 amide bonds. The molecule has 1 N–H and O–H groups in total. The highest BCUT2D eigenvalue weighted by atomic mass is 16.5. The van der Waals surface area contributed by atoms with Gasteiger partial charge in [-0.3, -0.25) is 0 Å². The Kier molecular flexibility index (Phi) is 5.99. The number of hydrogen-bond donors (Lipinski definition) is 1. The number of fused-ring (bicyclic) bond motifs is 1. The standard InChI is InChI=1S/C26H31NO4/c1-8-30-24(29)17(23-27-20-11-9-10-12-21(20)31-23)13-16-14-18(25(2,3)4)22(28)19(15-16)26(5,6)7/h9-15,28H,8H2,1-7H3/b17-13-. The van der Waals surface area contributed by atoms with E-state index >= 15 is 0 Å². The number of benzene rings is 2. The molecule has 0 aliphatic carbocycles. The van der Waals surface area contributed by atoms with Crippen LogP contribution in [0.2, 0.25) is 0 Å². The molecule has 1 aromatic heterocycles. The van der Waals surface area contributed by atoms with Crippen LogP contribution in [0.5, 0.6) is 5.75 Å². The molecule has 0 unspecified atom stereocenters. The van der Waals surface area contributed by atoms with E-state index in [4.69, 9.17) is 9.15 Å². The van der Waals surface area contributed by atoms with Crippen molar-refractivity contribution in [3.63, 3.8) is 0 Å². The van der Waals surface area contributed by atoms with Gasteiger partial charge in [-0.15, -0.1) is 0 Å². The third kappa shape index (κ3) is 4.82. The van der Waals surface area contributed by atoms with Gasteiger partial charge < -0.3 is 14.3 Å². The smallest absolute Gasteiger partial charge is 0.343 e. The molecule has 5 nitrogen and oxygen atoms in total. The van der Waals surface area contributed by atoms with Gasteiger partial charge in [-0.25, -0.2) is 9.78 Å². The third-order valence-electron chi connectivity index (χ3n) is 5.08. The summed E-state index contributed by atoms with van der Waals surface area (Å²) in [6.45, 7) is 14.3. The zero-order valence-corrected chi connectivity index (χ0v) is 19.4. The third-order valence-corrected chi connectivity index (χ3v) is 5.08. The van der Waals surface area contributed by atoms with Crippen LogP contribution in [-0.2, 0) is 20.4 Å². The summed E-state index contributed by atoms with van der Waals surface area (Å²) in [5.74, 6) is -0.00390. The van der Waals surface area contributed by atoms with Crippen molar-refractivity contribution in [1.29, 1.82) is 0 Å². The van der Waals surface area contributed by atoms with Gasteiger partial charge in [0, 0.05) is 11.1 Å². The van der Waals surface area contributed by atoms with Crippen molar-refractivity contribution in [3.05, 3.63) is 59.0 Å². The maximum atomic E-state index is 12.8. The van der Waals surface area contributed by atoms with Crippen molar-refractivity contribution >= 4 is 28.7 Å². The SMILES string of the molecule is CCOC(=O)/C(=C\c1cc(C(C)(C)C)c(O)c(C(C)(C)C)c1)c1nc2ccccc2o1. The molecule has 0 saturated carbocycles. The zero-order valence-electron chi connectivity index (χ0n) is 19.4. The van der Waals surface area contributed by atoms with Gasteiger partial charge in [0.05, 0.1) is 6.61 Å². The van der Waals surface area contributed by atoms with Gasteiger partial charge in [0.2, 0.25) is 5.89 Å². The highest BCUT2D eigenvalue weighted by Gasteiger charge is 2.27. The van der Waals surface area contributed by atoms with Crippen LogP contribution in [0.15, 0.2) is 40.8 Å². The number of para-hydroxylation sites is 2. The Labute approximate surface area is 183 Å². The van der Waals surface area contributed by atoms with Gasteiger partial charge in [0.15, 0.2) is 5.58 Å². The number of phenolic OH excluding ortho intramolecular Hbond substituents is 1. The van der Waals surface area contributed by atoms with Crippen LogP contribution >= 0.6 is 0 Å². The summed E-state index contributed by atoms with van der Waals surface area (Å²) >= 11 is 0. The Morgan fingerprint density at radius 2 is 1.65 bits per heavy atom. The minimum atomic E-state index is -0.503. The van der Waals surface area contributed by atoms with Crippen molar-refractivity contribution in [2.24, 2.45) is 0 Å². The number of carbonyl (C=O) groups excluding carboxylic acids is 1. The number of ether oxygens (including phenoxy) is 1. The van der Waals surface area contributed by atoms with E-state index in [-0.39, 0.29) is 34.7 Å². The average molecular weight is 422 g/mol. The molecule has 164 valence electrons. The van der Waals surface area contributed by atoms with Crippen molar-refractivity contribution in [3.8, 4) is 5.75 Å². The topological polar surface area (TPSA) is 72.6 Å². The lowest BCUT2D eigenvalue weighted by atomic mass is 9.78. The summed E-state index contributed by atoms with van der Waals surface area (Å²) in [6.07, 6.45) is 1.73. The molecule has 0 atom stereocenters. The Morgan fingerprint density at radius 3 is 2.16 bits per heavy atom. The second-order valence-electron chi connectivity index (χ2n) is 9.73. The van der Waals surface area contributed by atoms with E-state index in [1.54, 1.807) is 13.0 Å². The van der Waals surface area contributed by atoms with Crippen LogP contribution in [0.1, 0.15) is 71.0 Å². The number of aromatic hydroxyl groups is 1. The van der Waals surface area contributed by atoms with Gasteiger partial charge >= 0.3 is 5.97 Å². The molecular formula is C26H31NO4. The predicted molar refractivity (Wildman–Crippen MR) is 124 cm³/mol. The van der Waals surface area contributed by atoms with Crippen LogP contribution in [0, 0.1) is 0 Å². The lowest BCUT2D eigenvalue weighted by Gasteiger charge is -2.28. The van der Waals surface area contributed by atoms with E-state index in [0.717, 1.165) is 16.7 Å². The Hall–Kier alpha value is -3.08. The molecule has 2 aromatic carbocycles. The summed E-state index contributed by atoms with van der Waals surface area (Å²) in [4.78, 5) is 17.3. The van der Waals surface area contributed by atoms with Crippen molar-refractivity contribution in [1.82, 2.24) is 4.98 Å². The first-order valence-electron chi connectivity index (χ1n) is 10.5. The highest BCUT2D eigenvalue weighted by Crippen LogP contribution is 2.40. The summed E-state index contributed by atoms with van der Waals surface area (Å²) in [5.41, 5.74) is 3.35. The number of hydrogen-bond acceptors (Lipinski definition) is 5. The van der Waals surface area contributed by atoms with Crippen molar-refractivity contribution < 1.29 is 19.1 Å². The van der Waals surface area contributed by atoms with Crippen molar-refractivity contribution in [2.75, 3.05) is 6.61 Å². The number of esters is 1. The van der Waals surface area contributed by atoms with E-state index in [9.17, 15) is 9.90 Å². The molecule has 0 bridgehead atoms. The first-order chi connectivity index (χ1) is 14.4. The molecular weight excluding hydrogens is 390 g/mol. The number of aromatic nitrogens is 1. The molecule has 0 saturated heterocycles. The minimum absolute atomic E-state index is 0.211. The largest absolute Gasteiger partial charge is 0.507 e. The molecule has 0 spiro atoms. The summed E-state index contributed by atoms with van der Waals surface area (Å²) in [5, 5.41) is 11.0. The van der Waals surface area contributed by atoms with Gasteiger partial charge in [-0.2, -0.15) is 0 Å². The van der Waals surface area contributed by atoms with Crippen LogP contribution in [0.25, 0.3) is 22.7 Å². The molecule has 0 aliphatic heterocycles. The summed E-state index contributed by atoms with van der Waals surface area (Å²) in [6, 6.07) is 11.2. The zero-order chi connectivity index (χ0) is 23.0. The molecule has 3 rings (SSSR count). The average Bonchev–Trinajstić information content (AvgIpc) is 3.09. The fourth-order valence-corrected chi connectivity index (χ4v) is 3.45. The summed E-state index contributed by atoms with van der Waals surface area (Å²) in [7, 11) is 0. The molecule has 31 heavy (non-hydrogen) atoms. The maximum absolute atomic E-state index is 12.8. The number of carbonyl (C=O) groups is 1. The Morgan fingerprint density at radius 1 is 1.06 bits per heavy atom. The number of nitrogens with zero attached hydrogens (tertiary/aromatic N) is 1. The lowest BCUT2D eigenvalue weighted by molar-refractivity contribution is -0.136. The number of oxazole rings is 1. The normalized spacial score (nSPS) is 12.9. The van der Waals surface area contributed by atoms with E-state index in [0.29, 0.717) is 11.1 Å². The van der Waals surface area contributed by atoms with Gasteiger partial charge in [-0.05, 0) is 53.7 Å². The molecule has 3 aromatic rings. The summed E-state index contributed by atoms with van der Waals surface area (Å²) < 4.78 is 11.1. The molecule has 0 aliphatic rings. The lowest BCUT2D eigenvalue weighted by Crippen LogP contribution is -2.17. The first kappa shape index (κ1) is 22.6. The van der Waals surface area contributed by atoms with Crippen LogP contribution in [0.4, 0.5) is 0 Å². The van der Waals surface area contributed by atoms with Crippen LogP contribution < -0.4 is 0 Å². The Bertz CT molecular complexity index is 1070. The molecule has 1 heterocycles. The van der Waals surface area contributed by atoms with E-state index in [2.05, 4.69) is 46.5 Å². The fraction of sp³-hybridized carbons (Fsp3) is 0.385. The molecule has 0 fully saturated rings. The first-order valence-corrected chi connectivity index (χ1v) is 10.5. The second kappa shape index (κ2) is 8.22. The van der Waals surface area contributed by atoms with Crippen molar-refractivity contribution in [2.45, 2.75) is 59.3 Å². The molecule has 0 radical (unpaired) electrons. The van der Waals surface area contributed by atoms with E-state index in [1.165, 1.54) is 0 Å². The van der Waals surface area contributed by atoms with Gasteiger partial charge in [0.25, 0.3) is 0 Å². The maximum Gasteiger partial charge on any atom is 0.343 e. The molecule has 5 heteroatoms. The highest BCUT2D eigenvalue weighted by molar-refractivity contribution is 6.20. The van der Waals surface area contributed by atoms with Crippen LogP contribution in [-0.4, -0.2) is 22.7 Å².